The summed E-state index contributed by atoms with van der Waals surface area (Å²) >= 11 is 0. The van der Waals surface area contributed by atoms with Gasteiger partial charge in [-0.2, -0.15) is 0 Å². The van der Waals surface area contributed by atoms with Crippen molar-refractivity contribution in [2.24, 2.45) is 10.8 Å². The van der Waals surface area contributed by atoms with Crippen LogP contribution in [0, 0.1) is 10.8 Å². The number of hydrogen-bond donors (Lipinski definition) is 0. The predicted molar refractivity (Wildman–Crippen MR) is 82.7 cm³/mol. The second-order valence-corrected chi connectivity index (χ2v) is 8.00. The molecule has 0 aromatic heterocycles. The quantitative estimate of drug-likeness (QED) is 0.487. The Kier molecular flexibility index (Phi) is 3.74. The number of allylic oxidation sites excluding steroid dienone is 6. The van der Waals surface area contributed by atoms with Crippen LogP contribution in [0.1, 0.15) is 69.2 Å². The Morgan fingerprint density at radius 3 is 0.889 bits per heavy atom. The Morgan fingerprint density at radius 1 is 0.556 bits per heavy atom. The third-order valence-electron chi connectivity index (χ3n) is 3.50. The van der Waals surface area contributed by atoms with Crippen LogP contribution in [-0.4, -0.2) is 0 Å². The summed E-state index contributed by atoms with van der Waals surface area (Å²) in [5, 5.41) is 0. The predicted octanol–water partition coefficient (Wildman–Crippen LogP) is 6.06. The van der Waals surface area contributed by atoms with Crippen molar-refractivity contribution in [1.82, 2.24) is 0 Å². The van der Waals surface area contributed by atoms with E-state index in [1.54, 1.807) is 11.1 Å². The topological polar surface area (TPSA) is 0 Å². The molecule has 0 saturated heterocycles. The van der Waals surface area contributed by atoms with Gasteiger partial charge < -0.3 is 0 Å². The lowest BCUT2D eigenvalue weighted by atomic mass is 9.58. The highest BCUT2D eigenvalue weighted by Crippen LogP contribution is 2.56. The van der Waals surface area contributed by atoms with Gasteiger partial charge in [-0.3, -0.25) is 0 Å². The fraction of sp³-hybridized carbons (Fsp3) is 0.667. The lowest BCUT2D eigenvalue weighted by Crippen LogP contribution is -2.32. The largest absolute Gasteiger partial charge is 0.0683 e. The summed E-state index contributed by atoms with van der Waals surface area (Å²) in [6.45, 7) is 23.0. The lowest BCUT2D eigenvalue weighted by molar-refractivity contribution is 0.436. The molecule has 0 radical (unpaired) electrons. The highest BCUT2D eigenvalue weighted by atomic mass is 14.5. The maximum atomic E-state index is 2.33. The van der Waals surface area contributed by atoms with E-state index in [9.17, 15) is 0 Å². The van der Waals surface area contributed by atoms with E-state index < -0.39 is 0 Å². The summed E-state index contributed by atoms with van der Waals surface area (Å²) in [6.07, 6.45) is 0. The number of hydrogen-bond acceptors (Lipinski definition) is 0. The fourth-order valence-electron chi connectivity index (χ4n) is 2.94. The molecule has 0 amide bonds. The second-order valence-electron chi connectivity index (χ2n) is 8.00. The van der Waals surface area contributed by atoms with Crippen LogP contribution in [0.15, 0.2) is 33.4 Å². The summed E-state index contributed by atoms with van der Waals surface area (Å²) in [4.78, 5) is 0. The minimum absolute atomic E-state index is 0.230. The molecule has 102 valence electrons. The van der Waals surface area contributed by atoms with Crippen molar-refractivity contribution < 1.29 is 0 Å². The first kappa shape index (κ1) is 15.3. The minimum atomic E-state index is 0.230. The van der Waals surface area contributed by atoms with Crippen molar-refractivity contribution in [1.29, 1.82) is 0 Å². The molecule has 0 unspecified atom stereocenters. The molecule has 0 aromatic rings. The van der Waals surface area contributed by atoms with E-state index in [-0.39, 0.29) is 10.8 Å². The van der Waals surface area contributed by atoms with Gasteiger partial charge in [0, 0.05) is 0 Å². The van der Waals surface area contributed by atoms with E-state index in [0.717, 1.165) is 0 Å². The third-order valence-corrected chi connectivity index (χ3v) is 3.50. The van der Waals surface area contributed by atoms with Crippen molar-refractivity contribution in [2.75, 3.05) is 0 Å². The molecule has 0 aliphatic heterocycles. The molecule has 0 heterocycles. The lowest BCUT2D eigenvalue weighted by Gasteiger charge is -2.46. The molecule has 0 atom stereocenters. The van der Waals surface area contributed by atoms with Crippen molar-refractivity contribution in [3.05, 3.63) is 33.4 Å². The standard InChI is InChI=1S/C18H30/c1-11(2)13-14(12(3)4)16(18(8,9)10)15(13)17(5,6)7/h1-10H3. The van der Waals surface area contributed by atoms with E-state index in [2.05, 4.69) is 69.2 Å². The van der Waals surface area contributed by atoms with Crippen LogP contribution in [0.25, 0.3) is 0 Å². The van der Waals surface area contributed by atoms with Gasteiger partial charge in [-0.1, -0.05) is 52.7 Å². The van der Waals surface area contributed by atoms with Gasteiger partial charge in [0.2, 0.25) is 0 Å². The maximum Gasteiger partial charge on any atom is -0.0123 e. The first-order valence-electron chi connectivity index (χ1n) is 7.00. The van der Waals surface area contributed by atoms with Crippen LogP contribution < -0.4 is 0 Å². The molecule has 0 heteroatoms. The molecule has 1 aliphatic rings. The Balaban J connectivity index is 3.70. The molecule has 0 saturated carbocycles. The van der Waals surface area contributed by atoms with Crippen molar-refractivity contribution >= 4 is 0 Å². The van der Waals surface area contributed by atoms with Crippen LogP contribution in [0.4, 0.5) is 0 Å². The number of rotatable bonds is 0. The van der Waals surface area contributed by atoms with Gasteiger partial charge in [-0.05, 0) is 60.8 Å². The van der Waals surface area contributed by atoms with Crippen LogP contribution in [0.5, 0.6) is 0 Å². The summed E-state index contributed by atoms with van der Waals surface area (Å²) in [6, 6.07) is 0. The molecule has 1 aliphatic carbocycles. The van der Waals surface area contributed by atoms with Crippen LogP contribution in [0.2, 0.25) is 0 Å². The van der Waals surface area contributed by atoms with E-state index in [4.69, 9.17) is 0 Å². The molecule has 0 aromatic carbocycles. The van der Waals surface area contributed by atoms with E-state index in [1.807, 2.05) is 0 Å². The smallest absolute Gasteiger partial charge is 0.0123 e. The van der Waals surface area contributed by atoms with Gasteiger partial charge in [0.15, 0.2) is 0 Å². The zero-order chi connectivity index (χ0) is 14.5. The molecule has 0 spiro atoms. The molecule has 1 rings (SSSR count). The Morgan fingerprint density at radius 2 is 0.778 bits per heavy atom. The van der Waals surface area contributed by atoms with Gasteiger partial charge in [0.05, 0.1) is 0 Å². The molecule has 18 heavy (non-hydrogen) atoms. The summed E-state index contributed by atoms with van der Waals surface area (Å²) in [7, 11) is 0. The van der Waals surface area contributed by atoms with Gasteiger partial charge in [0.25, 0.3) is 0 Å². The third kappa shape index (κ3) is 2.48. The van der Waals surface area contributed by atoms with Crippen LogP contribution >= 0.6 is 0 Å². The SMILES string of the molecule is CC(C)=C1C(=C(C)C)C(C(C)(C)C)=C1C(C)(C)C. The van der Waals surface area contributed by atoms with Crippen molar-refractivity contribution in [3.8, 4) is 0 Å². The zero-order valence-electron chi connectivity index (χ0n) is 14.0. The Bertz CT molecular complexity index is 399. The van der Waals surface area contributed by atoms with Crippen molar-refractivity contribution in [2.45, 2.75) is 69.2 Å². The van der Waals surface area contributed by atoms with Crippen LogP contribution in [0.3, 0.4) is 0 Å². The molecule has 0 N–H and O–H groups in total. The van der Waals surface area contributed by atoms with E-state index in [1.165, 1.54) is 22.3 Å². The average molecular weight is 246 g/mol. The zero-order valence-corrected chi connectivity index (χ0v) is 14.0. The van der Waals surface area contributed by atoms with Crippen LogP contribution in [-0.2, 0) is 0 Å². The van der Waals surface area contributed by atoms with E-state index in [0.29, 0.717) is 0 Å². The first-order chi connectivity index (χ1) is 7.89. The summed E-state index contributed by atoms with van der Waals surface area (Å²) in [5.41, 5.74) is 9.55. The minimum Gasteiger partial charge on any atom is -0.0683 e. The molecule has 0 nitrogen and oxygen atoms in total. The molecular weight excluding hydrogens is 216 g/mol. The summed E-state index contributed by atoms with van der Waals surface area (Å²) < 4.78 is 0. The highest BCUT2D eigenvalue weighted by Gasteiger charge is 2.41. The van der Waals surface area contributed by atoms with Gasteiger partial charge in [0.1, 0.15) is 0 Å². The Labute approximate surface area is 114 Å². The maximum absolute atomic E-state index is 2.33. The first-order valence-corrected chi connectivity index (χ1v) is 7.00. The highest BCUT2D eigenvalue weighted by molar-refractivity contribution is 5.74. The van der Waals surface area contributed by atoms with Gasteiger partial charge >= 0.3 is 0 Å². The van der Waals surface area contributed by atoms with Gasteiger partial charge in [-0.25, -0.2) is 0 Å². The monoisotopic (exact) mass is 246 g/mol. The average Bonchev–Trinajstić information content (AvgIpc) is 1.92. The molecule has 0 fully saturated rings. The summed E-state index contributed by atoms with van der Waals surface area (Å²) in [5.74, 6) is 0. The Hall–Kier alpha value is -0.780. The van der Waals surface area contributed by atoms with Crippen molar-refractivity contribution in [3.63, 3.8) is 0 Å². The fourth-order valence-corrected chi connectivity index (χ4v) is 2.94. The van der Waals surface area contributed by atoms with E-state index >= 15 is 0 Å². The normalized spacial score (nSPS) is 17.0. The van der Waals surface area contributed by atoms with Gasteiger partial charge in [-0.15, -0.1) is 0 Å². The molecular formula is C18H30. The second kappa shape index (κ2) is 4.40. The molecule has 0 bridgehead atoms.